The molecule has 0 saturated carbocycles. The number of aromatic amines is 1. The second kappa shape index (κ2) is 5.88. The number of hydrogen-bond acceptors (Lipinski definition) is 6. The van der Waals surface area contributed by atoms with Crippen LogP contribution < -0.4 is 5.32 Å². The molecule has 2 N–H and O–H groups in total. The highest BCUT2D eigenvalue weighted by Crippen LogP contribution is 2.29. The van der Waals surface area contributed by atoms with Gasteiger partial charge in [0.2, 0.25) is 11.8 Å². The third-order valence-corrected chi connectivity index (χ3v) is 3.94. The van der Waals surface area contributed by atoms with Crippen LogP contribution in [0.3, 0.4) is 0 Å². The maximum absolute atomic E-state index is 12.3. The Morgan fingerprint density at radius 3 is 2.91 bits per heavy atom. The first-order chi connectivity index (χ1) is 10.5. The molecule has 1 fully saturated rings. The summed E-state index contributed by atoms with van der Waals surface area (Å²) in [6.07, 6.45) is 1.96. The number of H-pyrrole nitrogens is 1. The van der Waals surface area contributed by atoms with Crippen molar-refractivity contribution in [1.82, 2.24) is 25.2 Å². The van der Waals surface area contributed by atoms with E-state index >= 15 is 0 Å². The van der Waals surface area contributed by atoms with Crippen LogP contribution in [-0.4, -0.2) is 44.2 Å². The van der Waals surface area contributed by atoms with Gasteiger partial charge in [-0.1, -0.05) is 5.16 Å². The standard InChI is InChI=1S/C14H20N6O2/c1-8-13(9(2)18-17-8)16-12(21)7-20-6-4-5-11(20)14-15-10(3)22-19-14/h11H,4-7H2,1-3H3,(H,16,21)(H,17,18)/t11-/m0/s1. The second-order valence-electron chi connectivity index (χ2n) is 5.66. The lowest BCUT2D eigenvalue weighted by atomic mass is 10.2. The van der Waals surface area contributed by atoms with Crippen LogP contribution in [0.25, 0.3) is 0 Å². The fourth-order valence-corrected chi connectivity index (χ4v) is 2.86. The number of likely N-dealkylation sites (tertiary alicyclic amines) is 1. The van der Waals surface area contributed by atoms with Gasteiger partial charge in [0.25, 0.3) is 0 Å². The van der Waals surface area contributed by atoms with Gasteiger partial charge in [-0.2, -0.15) is 10.1 Å². The van der Waals surface area contributed by atoms with Crippen molar-refractivity contribution in [2.24, 2.45) is 0 Å². The van der Waals surface area contributed by atoms with Crippen LogP contribution in [-0.2, 0) is 4.79 Å². The number of amides is 1. The summed E-state index contributed by atoms with van der Waals surface area (Å²) in [6.45, 7) is 6.68. The second-order valence-corrected chi connectivity index (χ2v) is 5.66. The molecule has 22 heavy (non-hydrogen) atoms. The van der Waals surface area contributed by atoms with Crippen molar-refractivity contribution in [3.63, 3.8) is 0 Å². The normalized spacial score (nSPS) is 18.8. The van der Waals surface area contributed by atoms with Crippen molar-refractivity contribution < 1.29 is 9.32 Å². The molecule has 1 saturated heterocycles. The highest BCUT2D eigenvalue weighted by molar-refractivity contribution is 5.93. The molecule has 0 aliphatic carbocycles. The first-order valence-corrected chi connectivity index (χ1v) is 7.40. The summed E-state index contributed by atoms with van der Waals surface area (Å²) in [5, 5.41) is 13.9. The minimum atomic E-state index is -0.0558. The zero-order chi connectivity index (χ0) is 15.7. The van der Waals surface area contributed by atoms with E-state index in [2.05, 4.69) is 30.6 Å². The molecule has 0 bridgehead atoms. The van der Waals surface area contributed by atoms with Crippen LogP contribution in [0.2, 0.25) is 0 Å². The lowest BCUT2D eigenvalue weighted by Gasteiger charge is -2.21. The van der Waals surface area contributed by atoms with Crippen LogP contribution in [0.4, 0.5) is 5.69 Å². The Hall–Kier alpha value is -2.22. The van der Waals surface area contributed by atoms with Crippen molar-refractivity contribution in [2.45, 2.75) is 39.7 Å². The molecule has 8 heteroatoms. The molecule has 1 amide bonds. The number of hydrogen-bond donors (Lipinski definition) is 2. The molecular formula is C14H20N6O2. The number of aromatic nitrogens is 4. The van der Waals surface area contributed by atoms with Gasteiger partial charge in [-0.3, -0.25) is 14.8 Å². The van der Waals surface area contributed by atoms with Crippen molar-refractivity contribution in [3.05, 3.63) is 23.1 Å². The minimum Gasteiger partial charge on any atom is -0.340 e. The molecule has 3 heterocycles. The fourth-order valence-electron chi connectivity index (χ4n) is 2.86. The Labute approximate surface area is 128 Å². The maximum atomic E-state index is 12.3. The van der Waals surface area contributed by atoms with Crippen LogP contribution in [0.5, 0.6) is 0 Å². The van der Waals surface area contributed by atoms with Gasteiger partial charge < -0.3 is 9.84 Å². The van der Waals surface area contributed by atoms with Crippen molar-refractivity contribution >= 4 is 11.6 Å². The van der Waals surface area contributed by atoms with Gasteiger partial charge in [0, 0.05) is 6.92 Å². The number of carbonyl (C=O) groups excluding carboxylic acids is 1. The van der Waals surface area contributed by atoms with Crippen LogP contribution in [0.15, 0.2) is 4.52 Å². The Morgan fingerprint density at radius 2 is 2.27 bits per heavy atom. The Morgan fingerprint density at radius 1 is 1.45 bits per heavy atom. The lowest BCUT2D eigenvalue weighted by molar-refractivity contribution is -0.117. The fraction of sp³-hybridized carbons (Fsp3) is 0.571. The molecule has 8 nitrogen and oxygen atoms in total. The molecule has 1 atom stereocenters. The van der Waals surface area contributed by atoms with E-state index < -0.39 is 0 Å². The first kappa shape index (κ1) is 14.7. The maximum Gasteiger partial charge on any atom is 0.238 e. The van der Waals surface area contributed by atoms with E-state index in [0.717, 1.165) is 36.5 Å². The molecule has 0 spiro atoms. The topological polar surface area (TPSA) is 99.9 Å². The number of carbonyl (C=O) groups is 1. The number of nitrogens with one attached hydrogen (secondary N) is 2. The van der Waals surface area contributed by atoms with Gasteiger partial charge in [0.1, 0.15) is 0 Å². The Bertz CT molecular complexity index is 657. The predicted octanol–water partition coefficient (Wildman–Crippen LogP) is 1.49. The van der Waals surface area contributed by atoms with Crippen molar-refractivity contribution in [1.29, 1.82) is 0 Å². The van der Waals surface area contributed by atoms with Gasteiger partial charge in [0.15, 0.2) is 5.82 Å². The molecule has 0 unspecified atom stereocenters. The molecule has 2 aromatic heterocycles. The van der Waals surface area contributed by atoms with E-state index in [1.807, 2.05) is 13.8 Å². The summed E-state index contributed by atoms with van der Waals surface area (Å²) < 4.78 is 5.05. The summed E-state index contributed by atoms with van der Waals surface area (Å²) in [5.41, 5.74) is 2.41. The molecule has 0 radical (unpaired) electrons. The smallest absolute Gasteiger partial charge is 0.238 e. The Balaban J connectivity index is 1.65. The summed E-state index contributed by atoms with van der Waals surface area (Å²) in [7, 11) is 0. The quantitative estimate of drug-likeness (QED) is 0.887. The monoisotopic (exact) mass is 304 g/mol. The molecule has 3 rings (SSSR count). The average Bonchev–Trinajstić information content (AvgIpc) is 3.16. The number of rotatable bonds is 4. The van der Waals surface area contributed by atoms with E-state index in [4.69, 9.17) is 4.52 Å². The number of anilines is 1. The van der Waals surface area contributed by atoms with Crippen LogP contribution in [0, 0.1) is 20.8 Å². The molecular weight excluding hydrogens is 284 g/mol. The lowest BCUT2D eigenvalue weighted by Crippen LogP contribution is -2.33. The van der Waals surface area contributed by atoms with Gasteiger partial charge >= 0.3 is 0 Å². The summed E-state index contributed by atoms with van der Waals surface area (Å²) in [6, 6.07) is 0.0507. The zero-order valence-electron chi connectivity index (χ0n) is 13.0. The largest absolute Gasteiger partial charge is 0.340 e. The van der Waals surface area contributed by atoms with Crippen molar-refractivity contribution in [3.8, 4) is 0 Å². The van der Waals surface area contributed by atoms with Crippen LogP contribution >= 0.6 is 0 Å². The average molecular weight is 304 g/mol. The summed E-state index contributed by atoms with van der Waals surface area (Å²) >= 11 is 0. The van der Waals surface area contributed by atoms with E-state index in [-0.39, 0.29) is 11.9 Å². The third kappa shape index (κ3) is 2.87. The van der Waals surface area contributed by atoms with Gasteiger partial charge in [-0.25, -0.2) is 0 Å². The highest BCUT2D eigenvalue weighted by atomic mass is 16.5. The van der Waals surface area contributed by atoms with Gasteiger partial charge in [-0.05, 0) is 33.2 Å². The Kier molecular flexibility index (Phi) is 3.93. The van der Waals surface area contributed by atoms with Crippen molar-refractivity contribution in [2.75, 3.05) is 18.4 Å². The van der Waals surface area contributed by atoms with E-state index in [9.17, 15) is 4.79 Å². The first-order valence-electron chi connectivity index (χ1n) is 7.40. The number of nitrogens with zero attached hydrogens (tertiary/aromatic N) is 4. The SMILES string of the molecule is Cc1nc([C@@H]2CCCN2CC(=O)Nc2c(C)n[nH]c2C)no1. The molecule has 0 aromatic carbocycles. The zero-order valence-corrected chi connectivity index (χ0v) is 13.0. The number of aryl methyl sites for hydroxylation is 3. The molecule has 1 aliphatic heterocycles. The molecule has 1 aliphatic rings. The van der Waals surface area contributed by atoms with Gasteiger partial charge in [-0.15, -0.1) is 0 Å². The van der Waals surface area contributed by atoms with E-state index in [0.29, 0.717) is 18.3 Å². The summed E-state index contributed by atoms with van der Waals surface area (Å²) in [4.78, 5) is 18.7. The summed E-state index contributed by atoms with van der Waals surface area (Å²) in [5.74, 6) is 1.16. The van der Waals surface area contributed by atoms with E-state index in [1.54, 1.807) is 6.92 Å². The highest BCUT2D eigenvalue weighted by Gasteiger charge is 2.31. The van der Waals surface area contributed by atoms with Gasteiger partial charge in [0.05, 0.1) is 29.7 Å². The molecule has 118 valence electrons. The minimum absolute atomic E-state index is 0.0507. The predicted molar refractivity (Wildman–Crippen MR) is 79.3 cm³/mol. The molecule has 2 aromatic rings. The van der Waals surface area contributed by atoms with Crippen LogP contribution in [0.1, 0.15) is 42.0 Å². The van der Waals surface area contributed by atoms with E-state index in [1.165, 1.54) is 0 Å². The third-order valence-electron chi connectivity index (χ3n) is 3.94.